The zero-order valence-electron chi connectivity index (χ0n) is 12.0. The molecule has 19 heavy (non-hydrogen) atoms. The van der Waals surface area contributed by atoms with Gasteiger partial charge in [0.05, 0.1) is 6.26 Å². The van der Waals surface area contributed by atoms with Gasteiger partial charge in [-0.1, -0.05) is 32.6 Å². The Morgan fingerprint density at radius 1 is 1.21 bits per heavy atom. The van der Waals surface area contributed by atoms with E-state index in [0.29, 0.717) is 19.5 Å². The van der Waals surface area contributed by atoms with Gasteiger partial charge in [0.1, 0.15) is 0 Å². The van der Waals surface area contributed by atoms with Crippen LogP contribution in [0, 0.1) is 0 Å². The van der Waals surface area contributed by atoms with Gasteiger partial charge in [-0.2, -0.15) is 4.31 Å². The summed E-state index contributed by atoms with van der Waals surface area (Å²) in [7, 11) is -3.20. The summed E-state index contributed by atoms with van der Waals surface area (Å²) in [6, 6.07) is 0.107. The fraction of sp³-hybridized carbons (Fsp3) is 0.923. The van der Waals surface area contributed by atoms with Gasteiger partial charge in [-0.15, -0.1) is 0 Å². The van der Waals surface area contributed by atoms with Gasteiger partial charge >= 0.3 is 0 Å². The molecular weight excluding hydrogens is 264 g/mol. The Kier molecular flexibility index (Phi) is 6.79. The molecule has 112 valence electrons. The van der Waals surface area contributed by atoms with Crippen molar-refractivity contribution in [1.29, 1.82) is 0 Å². The molecular formula is C13H26N2O3S. The molecule has 5 nitrogen and oxygen atoms in total. The molecule has 1 rings (SSSR count). The number of amides is 1. The maximum absolute atomic E-state index is 11.9. The molecule has 1 amide bonds. The average Bonchev–Trinajstić information content (AvgIpc) is 2.61. The van der Waals surface area contributed by atoms with Crippen LogP contribution in [0.5, 0.6) is 0 Å². The second kappa shape index (κ2) is 7.85. The molecule has 1 aliphatic carbocycles. The van der Waals surface area contributed by atoms with Crippen molar-refractivity contribution in [3.8, 4) is 0 Å². The number of sulfonamides is 1. The number of nitrogens with one attached hydrogen (secondary N) is 1. The fourth-order valence-electron chi connectivity index (χ4n) is 2.60. The molecule has 0 atom stereocenters. The van der Waals surface area contributed by atoms with Crippen LogP contribution in [0.2, 0.25) is 0 Å². The van der Waals surface area contributed by atoms with E-state index in [9.17, 15) is 13.2 Å². The zero-order chi connectivity index (χ0) is 14.3. The van der Waals surface area contributed by atoms with Crippen LogP contribution in [0.3, 0.4) is 0 Å². The Morgan fingerprint density at radius 2 is 1.79 bits per heavy atom. The van der Waals surface area contributed by atoms with Crippen molar-refractivity contribution in [3.05, 3.63) is 0 Å². The van der Waals surface area contributed by atoms with Crippen LogP contribution in [0.4, 0.5) is 0 Å². The highest BCUT2D eigenvalue weighted by atomic mass is 32.2. The molecule has 0 aromatic rings. The van der Waals surface area contributed by atoms with Crippen LogP contribution in [0.15, 0.2) is 0 Å². The van der Waals surface area contributed by atoms with Crippen molar-refractivity contribution in [2.75, 3.05) is 19.3 Å². The Balaban J connectivity index is 2.58. The summed E-state index contributed by atoms with van der Waals surface area (Å²) in [6.45, 7) is 2.57. The van der Waals surface area contributed by atoms with Crippen LogP contribution in [0.1, 0.15) is 51.9 Å². The van der Waals surface area contributed by atoms with E-state index < -0.39 is 10.0 Å². The van der Waals surface area contributed by atoms with Crippen LogP contribution < -0.4 is 5.32 Å². The van der Waals surface area contributed by atoms with Crippen molar-refractivity contribution >= 4 is 15.9 Å². The molecule has 1 N–H and O–H groups in total. The van der Waals surface area contributed by atoms with Gasteiger partial charge in [0.2, 0.25) is 15.9 Å². The van der Waals surface area contributed by atoms with E-state index in [1.54, 1.807) is 11.2 Å². The number of rotatable bonds is 6. The highest BCUT2D eigenvalue weighted by Crippen LogP contribution is 2.23. The smallest absolute Gasteiger partial charge is 0.219 e. The summed E-state index contributed by atoms with van der Waals surface area (Å²) in [5, 5.41) is 2.74. The summed E-state index contributed by atoms with van der Waals surface area (Å²) in [6.07, 6.45) is 8.16. The predicted molar refractivity (Wildman–Crippen MR) is 76.3 cm³/mol. The Morgan fingerprint density at radius 3 is 2.26 bits per heavy atom. The number of carbonyl (C=O) groups is 1. The van der Waals surface area contributed by atoms with E-state index in [2.05, 4.69) is 5.32 Å². The molecule has 0 bridgehead atoms. The first kappa shape index (κ1) is 16.4. The number of carbonyl (C=O) groups excluding carboxylic acids is 1. The molecule has 1 aliphatic rings. The van der Waals surface area contributed by atoms with Crippen LogP contribution in [0.25, 0.3) is 0 Å². The summed E-state index contributed by atoms with van der Waals surface area (Å²) in [5.74, 6) is -0.0330. The highest BCUT2D eigenvalue weighted by molar-refractivity contribution is 7.88. The third-order valence-corrected chi connectivity index (χ3v) is 4.97. The van der Waals surface area contributed by atoms with Crippen molar-refractivity contribution in [2.24, 2.45) is 0 Å². The van der Waals surface area contributed by atoms with E-state index >= 15 is 0 Å². The van der Waals surface area contributed by atoms with Crippen molar-refractivity contribution in [2.45, 2.75) is 57.9 Å². The second-order valence-electron chi connectivity index (χ2n) is 5.22. The van der Waals surface area contributed by atoms with Gasteiger partial charge in [-0.25, -0.2) is 8.42 Å². The third kappa shape index (κ3) is 5.91. The lowest BCUT2D eigenvalue weighted by molar-refractivity contribution is -0.120. The Labute approximate surface area is 116 Å². The monoisotopic (exact) mass is 290 g/mol. The molecule has 1 saturated carbocycles. The van der Waals surface area contributed by atoms with Crippen LogP contribution in [-0.4, -0.2) is 44.0 Å². The largest absolute Gasteiger partial charge is 0.355 e. The number of nitrogens with zero attached hydrogens (tertiary/aromatic N) is 1. The molecule has 6 heteroatoms. The van der Waals surface area contributed by atoms with Crippen LogP contribution in [-0.2, 0) is 14.8 Å². The Hall–Kier alpha value is -0.620. The minimum absolute atomic E-state index is 0.0330. The minimum Gasteiger partial charge on any atom is -0.355 e. The van der Waals surface area contributed by atoms with Crippen molar-refractivity contribution in [1.82, 2.24) is 9.62 Å². The zero-order valence-corrected chi connectivity index (χ0v) is 12.8. The quantitative estimate of drug-likeness (QED) is 0.754. The maximum Gasteiger partial charge on any atom is 0.219 e. The van der Waals surface area contributed by atoms with Gasteiger partial charge in [0.15, 0.2) is 0 Å². The number of hydrogen-bond donors (Lipinski definition) is 1. The SMILES string of the molecule is CCC(=O)NCCN(C1CCCCCC1)S(C)(=O)=O. The normalized spacial score (nSPS) is 18.3. The predicted octanol–water partition coefficient (Wildman–Crippen LogP) is 1.50. The molecule has 0 heterocycles. The maximum atomic E-state index is 11.9. The van der Waals surface area contributed by atoms with E-state index in [0.717, 1.165) is 25.7 Å². The Bertz CT molecular complexity index is 373. The van der Waals surface area contributed by atoms with Gasteiger partial charge < -0.3 is 5.32 Å². The lowest BCUT2D eigenvalue weighted by Crippen LogP contribution is -2.44. The number of hydrogen-bond acceptors (Lipinski definition) is 3. The van der Waals surface area contributed by atoms with Gasteiger partial charge in [-0.05, 0) is 12.8 Å². The van der Waals surface area contributed by atoms with E-state index in [1.807, 2.05) is 0 Å². The first-order valence-corrected chi connectivity index (χ1v) is 9.03. The van der Waals surface area contributed by atoms with Gasteiger partial charge in [-0.3, -0.25) is 4.79 Å². The fourth-order valence-corrected chi connectivity index (χ4v) is 3.77. The van der Waals surface area contributed by atoms with E-state index in [4.69, 9.17) is 0 Å². The topological polar surface area (TPSA) is 66.5 Å². The molecule has 0 aromatic heterocycles. The molecule has 0 saturated heterocycles. The van der Waals surface area contributed by atoms with Gasteiger partial charge in [0, 0.05) is 25.6 Å². The first-order chi connectivity index (χ1) is 8.95. The lowest BCUT2D eigenvalue weighted by Gasteiger charge is -2.29. The summed E-state index contributed by atoms with van der Waals surface area (Å²) in [4.78, 5) is 11.2. The molecule has 0 aromatic carbocycles. The van der Waals surface area contributed by atoms with Gasteiger partial charge in [0.25, 0.3) is 0 Å². The highest BCUT2D eigenvalue weighted by Gasteiger charge is 2.26. The molecule has 0 aliphatic heterocycles. The van der Waals surface area contributed by atoms with Crippen LogP contribution >= 0.6 is 0 Å². The molecule has 0 radical (unpaired) electrons. The molecule has 0 spiro atoms. The third-order valence-electron chi connectivity index (χ3n) is 3.63. The van der Waals surface area contributed by atoms with E-state index in [-0.39, 0.29) is 11.9 Å². The van der Waals surface area contributed by atoms with Crippen molar-refractivity contribution < 1.29 is 13.2 Å². The van der Waals surface area contributed by atoms with Crippen molar-refractivity contribution in [3.63, 3.8) is 0 Å². The lowest BCUT2D eigenvalue weighted by atomic mass is 10.1. The second-order valence-corrected chi connectivity index (χ2v) is 7.16. The standard InChI is InChI=1S/C13H26N2O3S/c1-3-13(16)14-10-11-15(19(2,17)18)12-8-6-4-5-7-9-12/h12H,3-11H2,1-2H3,(H,14,16). The summed E-state index contributed by atoms with van der Waals surface area (Å²) in [5.41, 5.74) is 0. The van der Waals surface area contributed by atoms with E-state index in [1.165, 1.54) is 19.1 Å². The first-order valence-electron chi connectivity index (χ1n) is 7.18. The minimum atomic E-state index is -3.20. The molecule has 0 unspecified atom stereocenters. The molecule has 1 fully saturated rings. The summed E-state index contributed by atoms with van der Waals surface area (Å²) >= 11 is 0. The summed E-state index contributed by atoms with van der Waals surface area (Å²) < 4.78 is 25.4. The average molecular weight is 290 g/mol.